The second-order valence-corrected chi connectivity index (χ2v) is 6.71. The number of aliphatic hydroxyl groups excluding tert-OH is 1. The molecule has 1 aliphatic carbocycles. The fraction of sp³-hybridized carbons (Fsp3) is 0.556. The van der Waals surface area contributed by atoms with Crippen LogP contribution in [-0.2, 0) is 9.59 Å². The molecule has 0 spiro atoms. The molecule has 2 aliphatic rings. The first-order chi connectivity index (χ1) is 11.0. The fourth-order valence-corrected chi connectivity index (χ4v) is 3.44. The van der Waals surface area contributed by atoms with Gasteiger partial charge < -0.3 is 15.3 Å². The number of anilines is 1. The van der Waals surface area contributed by atoms with Crippen LogP contribution in [0.3, 0.4) is 0 Å². The Bertz CT molecular complexity index is 584. The highest BCUT2D eigenvalue weighted by Crippen LogP contribution is 2.26. The Hall–Kier alpha value is -1.88. The van der Waals surface area contributed by atoms with E-state index in [4.69, 9.17) is 0 Å². The van der Waals surface area contributed by atoms with Crippen LogP contribution in [0.4, 0.5) is 5.69 Å². The van der Waals surface area contributed by atoms with Crippen LogP contribution in [0.5, 0.6) is 0 Å². The largest absolute Gasteiger partial charge is 0.391 e. The minimum Gasteiger partial charge on any atom is -0.391 e. The van der Waals surface area contributed by atoms with Gasteiger partial charge in [-0.05, 0) is 31.9 Å². The third-order valence-electron chi connectivity index (χ3n) is 4.90. The molecule has 1 aromatic rings. The second-order valence-electron chi connectivity index (χ2n) is 6.71. The summed E-state index contributed by atoms with van der Waals surface area (Å²) in [5, 5.41) is 12.9. The topological polar surface area (TPSA) is 69.6 Å². The van der Waals surface area contributed by atoms with Gasteiger partial charge in [-0.15, -0.1) is 0 Å². The maximum atomic E-state index is 12.4. The van der Waals surface area contributed by atoms with Gasteiger partial charge in [-0.2, -0.15) is 0 Å². The Kier molecular flexibility index (Phi) is 4.66. The van der Waals surface area contributed by atoms with Crippen molar-refractivity contribution in [1.29, 1.82) is 0 Å². The average molecular weight is 316 g/mol. The van der Waals surface area contributed by atoms with Crippen LogP contribution in [0, 0.1) is 12.8 Å². The zero-order valence-corrected chi connectivity index (χ0v) is 13.5. The summed E-state index contributed by atoms with van der Waals surface area (Å²) in [6, 6.07) is 7.60. The van der Waals surface area contributed by atoms with Gasteiger partial charge in [0.25, 0.3) is 0 Å². The minimum atomic E-state index is -0.460. The molecule has 2 amide bonds. The molecule has 1 heterocycles. The predicted octanol–water partition coefficient (Wildman–Crippen LogP) is 1.77. The van der Waals surface area contributed by atoms with Gasteiger partial charge in [0.2, 0.25) is 11.8 Å². The summed E-state index contributed by atoms with van der Waals surface area (Å²) in [5.74, 6) is -0.463. The fourth-order valence-electron chi connectivity index (χ4n) is 3.44. The molecule has 0 bridgehead atoms. The molecule has 2 N–H and O–H groups in total. The number of carbonyl (C=O) groups is 2. The van der Waals surface area contributed by atoms with Crippen molar-refractivity contribution in [2.45, 2.75) is 51.2 Å². The van der Waals surface area contributed by atoms with Gasteiger partial charge in [0.05, 0.1) is 18.1 Å². The molecule has 5 heteroatoms. The van der Waals surface area contributed by atoms with E-state index < -0.39 is 6.10 Å². The van der Waals surface area contributed by atoms with Crippen LogP contribution in [0.1, 0.15) is 37.7 Å². The van der Waals surface area contributed by atoms with Crippen molar-refractivity contribution in [3.05, 3.63) is 29.8 Å². The number of amides is 2. The number of nitrogens with zero attached hydrogens (tertiary/aromatic N) is 1. The van der Waals surface area contributed by atoms with E-state index in [-0.39, 0.29) is 30.2 Å². The molecule has 124 valence electrons. The van der Waals surface area contributed by atoms with Gasteiger partial charge in [-0.25, -0.2) is 0 Å². The summed E-state index contributed by atoms with van der Waals surface area (Å²) in [7, 11) is 0. The third kappa shape index (κ3) is 3.55. The monoisotopic (exact) mass is 316 g/mol. The summed E-state index contributed by atoms with van der Waals surface area (Å²) in [5.41, 5.74) is 1.98. The Balaban J connectivity index is 1.62. The Morgan fingerprint density at radius 1 is 1.22 bits per heavy atom. The van der Waals surface area contributed by atoms with Crippen LogP contribution >= 0.6 is 0 Å². The predicted molar refractivity (Wildman–Crippen MR) is 88.0 cm³/mol. The Morgan fingerprint density at radius 3 is 2.61 bits per heavy atom. The van der Waals surface area contributed by atoms with Crippen LogP contribution in [0.2, 0.25) is 0 Å². The van der Waals surface area contributed by atoms with Gasteiger partial charge in [0.15, 0.2) is 0 Å². The molecule has 3 atom stereocenters. The van der Waals surface area contributed by atoms with Gasteiger partial charge in [0.1, 0.15) is 0 Å². The lowest BCUT2D eigenvalue weighted by Crippen LogP contribution is -2.47. The van der Waals surface area contributed by atoms with Crippen LogP contribution < -0.4 is 10.2 Å². The summed E-state index contributed by atoms with van der Waals surface area (Å²) < 4.78 is 0. The van der Waals surface area contributed by atoms with Gasteiger partial charge >= 0.3 is 0 Å². The lowest BCUT2D eigenvalue weighted by Gasteiger charge is -2.29. The van der Waals surface area contributed by atoms with E-state index in [1.54, 1.807) is 4.90 Å². The van der Waals surface area contributed by atoms with E-state index in [2.05, 4.69) is 5.32 Å². The van der Waals surface area contributed by atoms with Crippen molar-refractivity contribution in [2.24, 2.45) is 5.92 Å². The van der Waals surface area contributed by atoms with Crippen molar-refractivity contribution < 1.29 is 14.7 Å². The molecule has 1 aliphatic heterocycles. The molecule has 5 nitrogen and oxygen atoms in total. The van der Waals surface area contributed by atoms with Crippen molar-refractivity contribution in [1.82, 2.24) is 5.32 Å². The first-order valence-electron chi connectivity index (χ1n) is 8.40. The molecule has 3 unspecified atom stereocenters. The first-order valence-corrected chi connectivity index (χ1v) is 8.40. The minimum absolute atomic E-state index is 0.0156. The second kappa shape index (κ2) is 6.71. The third-order valence-corrected chi connectivity index (χ3v) is 4.90. The number of rotatable bonds is 3. The van der Waals surface area contributed by atoms with Gasteiger partial charge in [-0.1, -0.05) is 30.5 Å². The van der Waals surface area contributed by atoms with E-state index in [1.807, 2.05) is 31.2 Å². The summed E-state index contributed by atoms with van der Waals surface area (Å²) in [6.45, 7) is 2.41. The highest BCUT2D eigenvalue weighted by atomic mass is 16.3. The molecule has 3 rings (SSSR count). The Labute approximate surface area is 136 Å². The van der Waals surface area contributed by atoms with Crippen LogP contribution in [0.15, 0.2) is 24.3 Å². The van der Waals surface area contributed by atoms with Gasteiger partial charge in [-0.3, -0.25) is 9.59 Å². The molecule has 23 heavy (non-hydrogen) atoms. The molecular formula is C18H24N2O3. The highest BCUT2D eigenvalue weighted by molar-refractivity contribution is 6.00. The average Bonchev–Trinajstić information content (AvgIpc) is 2.92. The van der Waals surface area contributed by atoms with E-state index in [9.17, 15) is 14.7 Å². The zero-order chi connectivity index (χ0) is 16.4. The van der Waals surface area contributed by atoms with Crippen molar-refractivity contribution in [3.8, 4) is 0 Å². The van der Waals surface area contributed by atoms with Crippen LogP contribution in [-0.4, -0.2) is 35.6 Å². The lowest BCUT2D eigenvalue weighted by atomic mass is 9.92. The number of hydrogen-bond donors (Lipinski definition) is 2. The number of benzene rings is 1. The first kappa shape index (κ1) is 16.0. The number of aliphatic hydroxyl groups is 1. The number of aryl methyl sites for hydroxylation is 1. The normalized spacial score (nSPS) is 28.0. The molecule has 0 aromatic heterocycles. The quantitative estimate of drug-likeness (QED) is 0.893. The van der Waals surface area contributed by atoms with E-state index in [1.165, 1.54) is 0 Å². The summed E-state index contributed by atoms with van der Waals surface area (Å²) in [4.78, 5) is 26.3. The standard InChI is InChI=1S/C18H24N2O3/c1-12-6-8-14(9-7-12)20-11-13(10-17(20)22)18(23)19-15-4-2-3-5-16(15)21/h6-9,13,15-16,21H,2-5,10-11H2,1H3,(H,19,23). The molecule has 1 saturated carbocycles. The summed E-state index contributed by atoms with van der Waals surface area (Å²) in [6.07, 6.45) is 3.37. The zero-order valence-electron chi connectivity index (χ0n) is 13.5. The molecule has 1 saturated heterocycles. The smallest absolute Gasteiger partial charge is 0.227 e. The number of nitrogens with one attached hydrogen (secondary N) is 1. The van der Waals surface area contributed by atoms with E-state index in [0.717, 1.165) is 36.9 Å². The van der Waals surface area contributed by atoms with E-state index in [0.29, 0.717) is 6.54 Å². The van der Waals surface area contributed by atoms with E-state index >= 15 is 0 Å². The SMILES string of the molecule is Cc1ccc(N2CC(C(=O)NC3CCCCC3O)CC2=O)cc1. The maximum absolute atomic E-state index is 12.4. The Morgan fingerprint density at radius 2 is 1.91 bits per heavy atom. The number of carbonyl (C=O) groups excluding carboxylic acids is 2. The molecule has 2 fully saturated rings. The van der Waals surface area contributed by atoms with Crippen molar-refractivity contribution >= 4 is 17.5 Å². The van der Waals surface area contributed by atoms with Crippen LogP contribution in [0.25, 0.3) is 0 Å². The molecule has 0 radical (unpaired) electrons. The maximum Gasteiger partial charge on any atom is 0.227 e. The van der Waals surface area contributed by atoms with Gasteiger partial charge in [0, 0.05) is 18.7 Å². The summed E-state index contributed by atoms with van der Waals surface area (Å²) >= 11 is 0. The highest BCUT2D eigenvalue weighted by Gasteiger charge is 2.36. The number of hydrogen-bond acceptors (Lipinski definition) is 3. The molecular weight excluding hydrogens is 292 g/mol. The molecule has 1 aromatic carbocycles. The van der Waals surface area contributed by atoms with Crippen molar-refractivity contribution in [3.63, 3.8) is 0 Å². The van der Waals surface area contributed by atoms with Crippen molar-refractivity contribution in [2.75, 3.05) is 11.4 Å². The lowest BCUT2D eigenvalue weighted by molar-refractivity contribution is -0.128.